The summed E-state index contributed by atoms with van der Waals surface area (Å²) in [5.41, 5.74) is 2.03. The van der Waals surface area contributed by atoms with E-state index in [0.29, 0.717) is 58.7 Å². The van der Waals surface area contributed by atoms with Gasteiger partial charge in [0, 0.05) is 75.6 Å². The van der Waals surface area contributed by atoms with Crippen molar-refractivity contribution in [2.45, 2.75) is 65.5 Å². The summed E-state index contributed by atoms with van der Waals surface area (Å²) >= 11 is 7.57. The molecule has 0 aromatic heterocycles. The van der Waals surface area contributed by atoms with E-state index in [1.54, 1.807) is 0 Å². The summed E-state index contributed by atoms with van der Waals surface area (Å²) in [6.07, 6.45) is 2.73. The molecule has 5 aromatic carbocycles. The first-order chi connectivity index (χ1) is 20.2. The van der Waals surface area contributed by atoms with Crippen LogP contribution < -0.4 is 0 Å². The fourth-order valence-corrected chi connectivity index (χ4v) is 8.66. The van der Waals surface area contributed by atoms with Crippen LogP contribution in [-0.2, 0) is 0 Å². The molecule has 212 valence electrons. The van der Waals surface area contributed by atoms with Gasteiger partial charge in [-0.05, 0) is 60.7 Å². The standard InChI is InChI=1S/C34H28Br2N2O4/c1-5-15(6-2)37-31(39)19-11-9-17-28-24(36)14-22-26-20(32(40)38(34(22)42)16(7-3)8-4)12-10-18(30(26)28)27-23(35)13-21(33(37)41)25(19)29(17)27/h9-16H,5-8H2,1-4H3. The number of carbonyl (C=O) groups excluding carboxylic acids is 4. The molecule has 2 aliphatic rings. The third kappa shape index (κ3) is 3.31. The van der Waals surface area contributed by atoms with E-state index < -0.39 is 0 Å². The maximum atomic E-state index is 13.9. The number of nitrogens with zero attached hydrogens (tertiary/aromatic N) is 2. The second-order valence-electron chi connectivity index (χ2n) is 11.3. The topological polar surface area (TPSA) is 74.8 Å². The maximum absolute atomic E-state index is 13.9. The minimum atomic E-state index is -0.279. The van der Waals surface area contributed by atoms with E-state index in [4.69, 9.17) is 0 Å². The molecule has 0 bridgehead atoms. The fraction of sp³-hybridized carbons (Fsp3) is 0.294. The molecule has 4 amide bonds. The summed E-state index contributed by atoms with van der Waals surface area (Å²) in [7, 11) is 0. The molecule has 42 heavy (non-hydrogen) atoms. The Morgan fingerprint density at radius 1 is 0.500 bits per heavy atom. The van der Waals surface area contributed by atoms with Crippen LogP contribution in [0.1, 0.15) is 94.8 Å². The van der Waals surface area contributed by atoms with Gasteiger partial charge < -0.3 is 0 Å². The van der Waals surface area contributed by atoms with Gasteiger partial charge in [0.25, 0.3) is 23.6 Å². The van der Waals surface area contributed by atoms with Gasteiger partial charge in [0.2, 0.25) is 0 Å². The molecule has 0 saturated carbocycles. The van der Waals surface area contributed by atoms with E-state index in [0.717, 1.165) is 41.3 Å². The number of benzene rings is 5. The highest BCUT2D eigenvalue weighted by Crippen LogP contribution is 2.50. The van der Waals surface area contributed by atoms with Crippen LogP contribution in [0.2, 0.25) is 0 Å². The second-order valence-corrected chi connectivity index (χ2v) is 13.0. The summed E-state index contributed by atoms with van der Waals surface area (Å²) in [6.45, 7) is 7.97. The first kappa shape index (κ1) is 27.5. The first-order valence-corrected chi connectivity index (χ1v) is 16.1. The lowest BCUT2D eigenvalue weighted by atomic mass is 9.81. The van der Waals surface area contributed by atoms with Crippen molar-refractivity contribution >= 4 is 98.6 Å². The molecule has 0 aliphatic carbocycles. The van der Waals surface area contributed by atoms with Crippen LogP contribution in [0.4, 0.5) is 0 Å². The van der Waals surface area contributed by atoms with Crippen LogP contribution in [0, 0.1) is 0 Å². The molecule has 0 spiro atoms. The average molecular weight is 688 g/mol. The predicted octanol–water partition coefficient (Wildman–Crippen LogP) is 8.83. The average Bonchev–Trinajstić information content (AvgIpc) is 2.99. The number of halogens is 2. The normalized spacial score (nSPS) is 15.3. The van der Waals surface area contributed by atoms with Crippen molar-refractivity contribution in [1.29, 1.82) is 0 Å². The van der Waals surface area contributed by atoms with Crippen molar-refractivity contribution in [2.75, 3.05) is 0 Å². The van der Waals surface area contributed by atoms with E-state index in [2.05, 4.69) is 31.9 Å². The third-order valence-electron chi connectivity index (χ3n) is 9.42. The lowest BCUT2D eigenvalue weighted by molar-refractivity contribution is 0.0514. The van der Waals surface area contributed by atoms with E-state index >= 15 is 0 Å². The van der Waals surface area contributed by atoms with E-state index in [1.165, 1.54) is 9.80 Å². The van der Waals surface area contributed by atoms with Crippen molar-refractivity contribution in [1.82, 2.24) is 9.80 Å². The van der Waals surface area contributed by atoms with Crippen molar-refractivity contribution < 1.29 is 19.2 Å². The highest BCUT2D eigenvalue weighted by atomic mass is 79.9. The summed E-state index contributed by atoms with van der Waals surface area (Å²) in [4.78, 5) is 58.3. The Hall–Kier alpha value is -3.36. The molecule has 0 unspecified atom stereocenters. The Morgan fingerprint density at radius 3 is 1.17 bits per heavy atom. The fourth-order valence-electron chi connectivity index (χ4n) is 7.38. The quantitative estimate of drug-likeness (QED) is 0.102. The Kier molecular flexibility index (Phi) is 6.26. The van der Waals surface area contributed by atoms with Gasteiger partial charge in [-0.25, -0.2) is 0 Å². The summed E-state index contributed by atoms with van der Waals surface area (Å²) in [6, 6.07) is 10.8. The lowest BCUT2D eigenvalue weighted by Crippen LogP contribution is -2.46. The highest BCUT2D eigenvalue weighted by Gasteiger charge is 2.40. The van der Waals surface area contributed by atoms with Gasteiger partial charge in [-0.2, -0.15) is 0 Å². The molecule has 6 nitrogen and oxygen atoms in total. The van der Waals surface area contributed by atoms with Crippen LogP contribution in [-0.4, -0.2) is 45.5 Å². The Morgan fingerprint density at radius 2 is 0.833 bits per heavy atom. The minimum Gasteiger partial charge on any atom is -0.271 e. The molecule has 0 saturated heterocycles. The van der Waals surface area contributed by atoms with E-state index in [9.17, 15) is 19.2 Å². The van der Waals surface area contributed by atoms with Crippen molar-refractivity contribution in [2.24, 2.45) is 0 Å². The van der Waals surface area contributed by atoms with Crippen molar-refractivity contribution in [3.8, 4) is 0 Å². The van der Waals surface area contributed by atoms with Crippen LogP contribution >= 0.6 is 31.9 Å². The molecule has 2 aliphatic heterocycles. The molecule has 0 fully saturated rings. The zero-order valence-electron chi connectivity index (χ0n) is 23.7. The molecule has 0 radical (unpaired) electrons. The second kappa shape index (κ2) is 9.58. The number of fused-ring (bicyclic) bond motifs is 2. The molecule has 7 rings (SSSR count). The molecular weight excluding hydrogens is 660 g/mol. The van der Waals surface area contributed by atoms with Gasteiger partial charge in [0.1, 0.15) is 0 Å². The first-order valence-electron chi connectivity index (χ1n) is 14.5. The van der Waals surface area contributed by atoms with E-state index in [-0.39, 0.29) is 35.7 Å². The van der Waals surface area contributed by atoms with Gasteiger partial charge in [0.05, 0.1) is 0 Å². The Balaban J connectivity index is 1.62. The summed E-state index contributed by atoms with van der Waals surface area (Å²) in [5, 5.41) is 6.38. The largest absolute Gasteiger partial charge is 0.271 e. The molecule has 5 aromatic rings. The highest BCUT2D eigenvalue weighted by molar-refractivity contribution is 9.11. The van der Waals surface area contributed by atoms with Crippen molar-refractivity contribution in [3.05, 3.63) is 67.6 Å². The SMILES string of the molecule is CCC(CC)N1C(=O)c2ccc3c4c(Br)cc5c6c(ccc(c7c(Br)cc(c2c37)C1=O)c64)C(=O)N(C(CC)CC)C5=O. The number of hydrogen-bond acceptors (Lipinski definition) is 4. The van der Waals surface area contributed by atoms with Crippen LogP contribution in [0.3, 0.4) is 0 Å². The lowest BCUT2D eigenvalue weighted by Gasteiger charge is -2.35. The maximum Gasteiger partial charge on any atom is 0.261 e. The predicted molar refractivity (Wildman–Crippen MR) is 173 cm³/mol. The number of imide groups is 2. The third-order valence-corrected chi connectivity index (χ3v) is 10.7. The van der Waals surface area contributed by atoms with Crippen LogP contribution in [0.25, 0.3) is 43.1 Å². The van der Waals surface area contributed by atoms with Gasteiger partial charge in [-0.15, -0.1) is 0 Å². The van der Waals surface area contributed by atoms with E-state index in [1.807, 2.05) is 64.1 Å². The molecule has 0 N–H and O–H groups in total. The van der Waals surface area contributed by atoms with Gasteiger partial charge in [-0.1, -0.05) is 71.7 Å². The summed E-state index contributed by atoms with van der Waals surface area (Å²) < 4.78 is 1.45. The van der Waals surface area contributed by atoms with Crippen molar-refractivity contribution in [3.63, 3.8) is 0 Å². The minimum absolute atomic E-state index is 0.181. The number of rotatable bonds is 6. The number of amides is 4. The smallest absolute Gasteiger partial charge is 0.261 e. The van der Waals surface area contributed by atoms with Gasteiger partial charge in [0.15, 0.2) is 0 Å². The Bertz CT molecular complexity index is 1910. The van der Waals surface area contributed by atoms with Crippen LogP contribution in [0.15, 0.2) is 45.3 Å². The molecule has 2 heterocycles. The molecule has 0 atom stereocenters. The molecule has 8 heteroatoms. The molecular formula is C34H28Br2N2O4. The van der Waals surface area contributed by atoms with Crippen LogP contribution in [0.5, 0.6) is 0 Å². The monoisotopic (exact) mass is 686 g/mol. The van der Waals surface area contributed by atoms with Gasteiger partial charge in [-0.3, -0.25) is 29.0 Å². The number of carbonyl (C=O) groups is 4. The van der Waals surface area contributed by atoms with Gasteiger partial charge >= 0.3 is 0 Å². The number of hydrogen-bond donors (Lipinski definition) is 0. The zero-order chi connectivity index (χ0) is 29.8. The Labute approximate surface area is 259 Å². The zero-order valence-corrected chi connectivity index (χ0v) is 26.9. The summed E-state index contributed by atoms with van der Waals surface area (Å²) in [5.74, 6) is -1.10.